The van der Waals surface area contributed by atoms with E-state index in [1.165, 1.54) is 0 Å². The quantitative estimate of drug-likeness (QED) is 0.590. The first-order valence-corrected chi connectivity index (χ1v) is 10.1. The Kier molecular flexibility index (Phi) is 7.71. The van der Waals surface area contributed by atoms with E-state index in [0.29, 0.717) is 18.4 Å². The summed E-state index contributed by atoms with van der Waals surface area (Å²) >= 11 is 0. The minimum atomic E-state index is -0.452. The molecule has 0 saturated carbocycles. The number of ether oxygens (including phenoxy) is 1. The minimum Gasteiger partial charge on any atom is -0.444 e. The molecule has 1 aliphatic rings. The van der Waals surface area contributed by atoms with Crippen molar-refractivity contribution in [1.82, 2.24) is 20.5 Å². The van der Waals surface area contributed by atoms with E-state index in [0.717, 1.165) is 56.4 Å². The predicted molar refractivity (Wildman–Crippen MR) is 109 cm³/mol. The van der Waals surface area contributed by atoms with Gasteiger partial charge in [0.15, 0.2) is 5.96 Å². The number of rotatable bonds is 5. The van der Waals surface area contributed by atoms with Gasteiger partial charge in [-0.2, -0.15) is 0 Å². The lowest BCUT2D eigenvalue weighted by molar-refractivity contribution is 0.0185. The van der Waals surface area contributed by atoms with Gasteiger partial charge in [-0.05, 0) is 60.3 Å². The van der Waals surface area contributed by atoms with E-state index in [-0.39, 0.29) is 6.09 Å². The zero-order valence-electron chi connectivity index (χ0n) is 18.1. The normalized spacial score (nSPS) is 16.2. The number of nitrogens with one attached hydrogen (secondary N) is 2. The second kappa shape index (κ2) is 9.80. The summed E-state index contributed by atoms with van der Waals surface area (Å²) in [6.45, 7) is 15.0. The van der Waals surface area contributed by atoms with Crippen LogP contribution in [0.25, 0.3) is 0 Å². The van der Waals surface area contributed by atoms with Gasteiger partial charge in [0.25, 0.3) is 0 Å². The molecule has 158 valence electrons. The van der Waals surface area contributed by atoms with Crippen molar-refractivity contribution in [3.8, 4) is 0 Å². The average molecular weight is 394 g/mol. The highest BCUT2D eigenvalue weighted by atomic mass is 16.6. The molecule has 0 atom stereocenters. The van der Waals surface area contributed by atoms with Crippen LogP contribution in [-0.4, -0.2) is 53.7 Å². The molecular weight excluding hydrogens is 358 g/mol. The maximum absolute atomic E-state index is 12.2. The SMILES string of the molecule is CCNC(=NCc1nc(C)c(C)o1)NCC1CCN(C(=O)OC(C)(C)C)CC1. The maximum atomic E-state index is 12.2. The van der Waals surface area contributed by atoms with Crippen LogP contribution in [0.15, 0.2) is 9.41 Å². The smallest absolute Gasteiger partial charge is 0.410 e. The summed E-state index contributed by atoms with van der Waals surface area (Å²) in [5.41, 5.74) is 0.451. The van der Waals surface area contributed by atoms with Crippen molar-refractivity contribution in [3.63, 3.8) is 0 Å². The molecule has 28 heavy (non-hydrogen) atoms. The zero-order chi connectivity index (χ0) is 20.7. The van der Waals surface area contributed by atoms with Crippen LogP contribution in [0.1, 0.15) is 57.9 Å². The summed E-state index contributed by atoms with van der Waals surface area (Å²) < 4.78 is 11.0. The standard InChI is InChI=1S/C20H35N5O3/c1-7-21-18(23-13-17-24-14(2)15(3)27-17)22-12-16-8-10-25(11-9-16)19(26)28-20(4,5)6/h16H,7-13H2,1-6H3,(H2,21,22,23). The molecule has 0 aromatic carbocycles. The van der Waals surface area contributed by atoms with Gasteiger partial charge in [0.05, 0.1) is 5.69 Å². The molecule has 8 heteroatoms. The fourth-order valence-electron chi connectivity index (χ4n) is 2.98. The summed E-state index contributed by atoms with van der Waals surface area (Å²) in [6.07, 6.45) is 1.68. The van der Waals surface area contributed by atoms with Crippen molar-refractivity contribution in [2.75, 3.05) is 26.2 Å². The van der Waals surface area contributed by atoms with Gasteiger partial charge in [-0.3, -0.25) is 0 Å². The third kappa shape index (κ3) is 7.05. The monoisotopic (exact) mass is 393 g/mol. The van der Waals surface area contributed by atoms with E-state index in [1.54, 1.807) is 4.90 Å². The molecule has 1 amide bonds. The Morgan fingerprint density at radius 3 is 2.50 bits per heavy atom. The van der Waals surface area contributed by atoms with Crippen LogP contribution in [0.4, 0.5) is 4.79 Å². The van der Waals surface area contributed by atoms with Gasteiger partial charge < -0.3 is 24.7 Å². The number of carbonyl (C=O) groups is 1. The molecule has 1 aromatic heterocycles. The van der Waals surface area contributed by atoms with Crippen molar-refractivity contribution in [2.24, 2.45) is 10.9 Å². The molecule has 8 nitrogen and oxygen atoms in total. The van der Waals surface area contributed by atoms with E-state index >= 15 is 0 Å². The maximum Gasteiger partial charge on any atom is 0.410 e. The van der Waals surface area contributed by atoms with E-state index < -0.39 is 5.60 Å². The van der Waals surface area contributed by atoms with Gasteiger partial charge >= 0.3 is 6.09 Å². The Balaban J connectivity index is 1.79. The summed E-state index contributed by atoms with van der Waals surface area (Å²) in [6, 6.07) is 0. The fourth-order valence-corrected chi connectivity index (χ4v) is 2.98. The molecule has 0 bridgehead atoms. The topological polar surface area (TPSA) is 92.0 Å². The molecule has 2 N–H and O–H groups in total. The van der Waals surface area contributed by atoms with Crippen LogP contribution in [-0.2, 0) is 11.3 Å². The Labute approximate surface area is 168 Å². The number of aromatic nitrogens is 1. The fraction of sp³-hybridized carbons (Fsp3) is 0.750. The van der Waals surface area contributed by atoms with E-state index in [2.05, 4.69) is 20.6 Å². The third-order valence-corrected chi connectivity index (χ3v) is 4.61. The molecular formula is C20H35N5O3. The van der Waals surface area contributed by atoms with E-state index in [4.69, 9.17) is 9.15 Å². The number of amides is 1. The van der Waals surface area contributed by atoms with E-state index in [9.17, 15) is 4.79 Å². The van der Waals surface area contributed by atoms with Gasteiger partial charge in [-0.25, -0.2) is 14.8 Å². The molecule has 0 spiro atoms. The molecule has 1 aromatic rings. The third-order valence-electron chi connectivity index (χ3n) is 4.61. The molecule has 2 heterocycles. The molecule has 0 unspecified atom stereocenters. The molecule has 1 fully saturated rings. The van der Waals surface area contributed by atoms with Crippen molar-refractivity contribution in [3.05, 3.63) is 17.3 Å². The molecule has 2 rings (SSSR count). The molecule has 1 aliphatic heterocycles. The number of piperidine rings is 1. The van der Waals surface area contributed by atoms with Gasteiger partial charge in [-0.1, -0.05) is 0 Å². The summed E-state index contributed by atoms with van der Waals surface area (Å²) in [7, 11) is 0. The number of hydrogen-bond donors (Lipinski definition) is 2. The first-order chi connectivity index (χ1) is 13.2. The highest BCUT2D eigenvalue weighted by molar-refractivity contribution is 5.79. The number of aryl methyl sites for hydroxylation is 2. The van der Waals surface area contributed by atoms with Crippen LogP contribution in [0.3, 0.4) is 0 Å². The predicted octanol–water partition coefficient (Wildman–Crippen LogP) is 2.99. The number of hydrogen-bond acceptors (Lipinski definition) is 5. The second-order valence-corrected chi connectivity index (χ2v) is 8.24. The Morgan fingerprint density at radius 1 is 1.29 bits per heavy atom. The summed E-state index contributed by atoms with van der Waals surface area (Å²) in [5.74, 6) is 2.71. The van der Waals surface area contributed by atoms with Crippen molar-refractivity contribution < 1.29 is 13.9 Å². The highest BCUT2D eigenvalue weighted by Crippen LogP contribution is 2.19. The van der Waals surface area contributed by atoms with Gasteiger partial charge in [0, 0.05) is 26.2 Å². The zero-order valence-corrected chi connectivity index (χ0v) is 18.1. The van der Waals surface area contributed by atoms with E-state index in [1.807, 2.05) is 41.5 Å². The number of carbonyl (C=O) groups excluding carboxylic acids is 1. The Hall–Kier alpha value is -2.25. The summed E-state index contributed by atoms with van der Waals surface area (Å²) in [4.78, 5) is 22.9. The van der Waals surface area contributed by atoms with Crippen molar-refractivity contribution in [1.29, 1.82) is 0 Å². The van der Waals surface area contributed by atoms with Crippen molar-refractivity contribution >= 4 is 12.1 Å². The van der Waals surface area contributed by atoms with Crippen LogP contribution < -0.4 is 10.6 Å². The highest BCUT2D eigenvalue weighted by Gasteiger charge is 2.26. The minimum absolute atomic E-state index is 0.217. The largest absolute Gasteiger partial charge is 0.444 e. The van der Waals surface area contributed by atoms with Crippen LogP contribution in [0.5, 0.6) is 0 Å². The van der Waals surface area contributed by atoms with Gasteiger partial charge in [-0.15, -0.1) is 0 Å². The Morgan fingerprint density at radius 2 is 1.96 bits per heavy atom. The van der Waals surface area contributed by atoms with Crippen LogP contribution >= 0.6 is 0 Å². The number of likely N-dealkylation sites (tertiary alicyclic amines) is 1. The second-order valence-electron chi connectivity index (χ2n) is 8.24. The van der Waals surface area contributed by atoms with Crippen LogP contribution in [0.2, 0.25) is 0 Å². The lowest BCUT2D eigenvalue weighted by Gasteiger charge is -2.33. The number of guanidine groups is 1. The van der Waals surface area contributed by atoms with Gasteiger partial charge in [0.2, 0.25) is 5.89 Å². The summed E-state index contributed by atoms with van der Waals surface area (Å²) in [5, 5.41) is 6.65. The molecule has 0 aliphatic carbocycles. The lowest BCUT2D eigenvalue weighted by atomic mass is 9.97. The van der Waals surface area contributed by atoms with Crippen LogP contribution in [0, 0.1) is 19.8 Å². The average Bonchev–Trinajstić information content (AvgIpc) is 2.94. The van der Waals surface area contributed by atoms with Gasteiger partial charge in [0.1, 0.15) is 17.9 Å². The number of aliphatic imine (C=N–C) groups is 1. The number of oxazole rings is 1. The first kappa shape index (κ1) is 22.0. The lowest BCUT2D eigenvalue weighted by Crippen LogP contribution is -2.45. The number of nitrogens with zero attached hydrogens (tertiary/aromatic N) is 3. The molecule has 1 saturated heterocycles. The molecule has 0 radical (unpaired) electrons. The Bertz CT molecular complexity index is 650. The first-order valence-electron chi connectivity index (χ1n) is 10.1. The van der Waals surface area contributed by atoms with Crippen molar-refractivity contribution in [2.45, 2.75) is 66.5 Å².